The van der Waals surface area contributed by atoms with Crippen LogP contribution < -0.4 is 16.6 Å². The van der Waals surface area contributed by atoms with Crippen molar-refractivity contribution in [2.45, 2.75) is 5.51 Å². The molecule has 0 aliphatic rings. The van der Waals surface area contributed by atoms with Crippen LogP contribution in [0.4, 0.5) is 30.2 Å². The van der Waals surface area contributed by atoms with Crippen LogP contribution in [0.2, 0.25) is 0 Å². The topological polar surface area (TPSA) is 93.2 Å². The zero-order valence-electron chi connectivity index (χ0n) is 9.53. The van der Waals surface area contributed by atoms with Gasteiger partial charge in [-0.1, -0.05) is 6.07 Å². The Balaban J connectivity index is 2.70. The summed E-state index contributed by atoms with van der Waals surface area (Å²) in [6.45, 7) is -0.0565. The molecule has 1 rings (SSSR count). The fourth-order valence-electron chi connectivity index (χ4n) is 1.35. The lowest BCUT2D eigenvalue weighted by molar-refractivity contribution is -0.383. The van der Waals surface area contributed by atoms with Gasteiger partial charge in [-0.3, -0.25) is 16.0 Å². The van der Waals surface area contributed by atoms with Gasteiger partial charge in [0.15, 0.2) is 0 Å². The van der Waals surface area contributed by atoms with Gasteiger partial charge in [0.1, 0.15) is 11.4 Å². The van der Waals surface area contributed by atoms with Crippen LogP contribution in [0.1, 0.15) is 0 Å². The molecule has 0 saturated carbocycles. The van der Waals surface area contributed by atoms with Crippen molar-refractivity contribution in [3.63, 3.8) is 0 Å². The van der Waals surface area contributed by atoms with Gasteiger partial charge in [0.25, 0.3) is 0 Å². The van der Waals surface area contributed by atoms with Crippen LogP contribution in [0.15, 0.2) is 18.2 Å². The number of hydrogen-bond acceptors (Lipinski definition) is 6. The van der Waals surface area contributed by atoms with Gasteiger partial charge < -0.3 is 10.7 Å². The average molecular weight is 296 g/mol. The van der Waals surface area contributed by atoms with E-state index in [0.717, 1.165) is 0 Å². The normalized spacial score (nSPS) is 11.2. The summed E-state index contributed by atoms with van der Waals surface area (Å²) in [6.07, 6.45) is 0. The maximum absolute atomic E-state index is 11.9. The molecule has 0 bridgehead atoms. The van der Waals surface area contributed by atoms with Gasteiger partial charge in [0, 0.05) is 12.3 Å². The molecule has 0 radical (unpaired) electrons. The first kappa shape index (κ1) is 15.4. The van der Waals surface area contributed by atoms with Crippen molar-refractivity contribution in [2.24, 2.45) is 5.84 Å². The van der Waals surface area contributed by atoms with Crippen LogP contribution in [0.5, 0.6) is 0 Å². The quantitative estimate of drug-likeness (QED) is 0.323. The first-order valence-electron chi connectivity index (χ1n) is 5.03. The SMILES string of the molecule is NNc1cccc(NCCSC(F)(F)F)c1[N+](=O)[O-]. The number of nitrogens with zero attached hydrogens (tertiary/aromatic N) is 1. The summed E-state index contributed by atoms with van der Waals surface area (Å²) < 4.78 is 35.7. The molecular weight excluding hydrogens is 285 g/mol. The maximum atomic E-state index is 11.9. The van der Waals surface area contributed by atoms with E-state index in [2.05, 4.69) is 10.7 Å². The summed E-state index contributed by atoms with van der Waals surface area (Å²) in [5.41, 5.74) is -2.25. The number of nitro benzene ring substituents is 1. The number of nitrogens with two attached hydrogens (primary N) is 1. The number of alkyl halides is 3. The lowest BCUT2D eigenvalue weighted by Crippen LogP contribution is -2.13. The number of nitrogen functional groups attached to an aromatic ring is 1. The number of nitro groups is 1. The molecule has 0 aliphatic heterocycles. The van der Waals surface area contributed by atoms with E-state index in [0.29, 0.717) is 0 Å². The molecule has 0 spiro atoms. The standard InChI is InChI=1S/C9H11F3N4O2S/c10-9(11,12)19-5-4-14-6-2-1-3-7(15-13)8(6)16(17)18/h1-3,14-15H,4-5,13H2. The van der Waals surface area contributed by atoms with Crippen molar-refractivity contribution < 1.29 is 18.1 Å². The Bertz CT molecular complexity index is 456. The van der Waals surface area contributed by atoms with Crippen molar-refractivity contribution in [1.29, 1.82) is 0 Å². The molecule has 106 valence electrons. The molecule has 0 aromatic heterocycles. The van der Waals surface area contributed by atoms with Crippen molar-refractivity contribution in [2.75, 3.05) is 23.0 Å². The first-order valence-corrected chi connectivity index (χ1v) is 6.02. The highest BCUT2D eigenvalue weighted by Crippen LogP contribution is 2.33. The third-order valence-corrected chi connectivity index (χ3v) is 2.79. The van der Waals surface area contributed by atoms with Gasteiger partial charge >= 0.3 is 11.2 Å². The molecular formula is C9H11F3N4O2S. The second kappa shape index (κ2) is 6.48. The lowest BCUT2D eigenvalue weighted by Gasteiger charge is -2.10. The highest BCUT2D eigenvalue weighted by molar-refractivity contribution is 8.00. The number of anilines is 2. The van der Waals surface area contributed by atoms with Gasteiger partial charge in [-0.25, -0.2) is 0 Å². The second-order valence-corrected chi connectivity index (χ2v) is 4.48. The molecule has 0 unspecified atom stereocenters. The second-order valence-electron chi connectivity index (χ2n) is 3.32. The molecule has 0 amide bonds. The van der Waals surface area contributed by atoms with E-state index in [1.165, 1.54) is 18.2 Å². The van der Waals surface area contributed by atoms with E-state index in [-0.39, 0.29) is 41.1 Å². The van der Waals surface area contributed by atoms with Gasteiger partial charge in [0.2, 0.25) is 0 Å². The lowest BCUT2D eigenvalue weighted by atomic mass is 10.2. The minimum absolute atomic E-state index is 0.0565. The number of para-hydroxylation sites is 1. The molecule has 6 nitrogen and oxygen atoms in total. The number of hydrazine groups is 1. The van der Waals surface area contributed by atoms with E-state index >= 15 is 0 Å². The Labute approximate surface area is 110 Å². The molecule has 4 N–H and O–H groups in total. The predicted octanol–water partition coefficient (Wildman–Crippen LogP) is 2.55. The Kier molecular flexibility index (Phi) is 5.24. The minimum atomic E-state index is -4.31. The van der Waals surface area contributed by atoms with Crippen molar-refractivity contribution in [3.8, 4) is 0 Å². The monoisotopic (exact) mass is 296 g/mol. The van der Waals surface area contributed by atoms with E-state index in [1.807, 2.05) is 0 Å². The van der Waals surface area contributed by atoms with Gasteiger partial charge in [-0.2, -0.15) is 13.2 Å². The summed E-state index contributed by atoms with van der Waals surface area (Å²) in [4.78, 5) is 10.2. The number of rotatable bonds is 6. The average Bonchev–Trinajstić information content (AvgIpc) is 2.32. The smallest absolute Gasteiger partial charge is 0.379 e. The van der Waals surface area contributed by atoms with E-state index in [1.54, 1.807) is 0 Å². The number of thioether (sulfide) groups is 1. The number of nitrogens with one attached hydrogen (secondary N) is 2. The fourth-order valence-corrected chi connectivity index (χ4v) is 1.79. The molecule has 0 atom stereocenters. The van der Waals surface area contributed by atoms with Crippen molar-refractivity contribution in [1.82, 2.24) is 0 Å². The molecule has 0 heterocycles. The zero-order valence-corrected chi connectivity index (χ0v) is 10.3. The Morgan fingerprint density at radius 1 is 1.37 bits per heavy atom. The third kappa shape index (κ3) is 4.83. The van der Waals surface area contributed by atoms with E-state index in [4.69, 9.17) is 5.84 Å². The summed E-state index contributed by atoms with van der Waals surface area (Å²) >= 11 is -0.196. The van der Waals surface area contributed by atoms with Gasteiger partial charge in [-0.05, 0) is 23.9 Å². The van der Waals surface area contributed by atoms with Crippen LogP contribution in [0.25, 0.3) is 0 Å². The van der Waals surface area contributed by atoms with Crippen molar-refractivity contribution in [3.05, 3.63) is 28.3 Å². The first-order chi connectivity index (χ1) is 8.85. The summed E-state index contributed by atoms with van der Waals surface area (Å²) in [5, 5.41) is 13.5. The van der Waals surface area contributed by atoms with E-state index in [9.17, 15) is 23.3 Å². The van der Waals surface area contributed by atoms with Crippen LogP contribution in [0, 0.1) is 10.1 Å². The summed E-state index contributed by atoms with van der Waals surface area (Å²) in [6, 6.07) is 4.30. The molecule has 0 aliphatic carbocycles. The fraction of sp³-hybridized carbons (Fsp3) is 0.333. The van der Waals surface area contributed by atoms with Crippen LogP contribution in [-0.4, -0.2) is 22.7 Å². The summed E-state index contributed by atoms with van der Waals surface area (Å²) in [7, 11) is 0. The predicted molar refractivity (Wildman–Crippen MR) is 67.9 cm³/mol. The number of halogens is 3. The van der Waals surface area contributed by atoms with Crippen molar-refractivity contribution >= 4 is 28.8 Å². The molecule has 1 aromatic rings. The molecule has 19 heavy (non-hydrogen) atoms. The Morgan fingerprint density at radius 2 is 2.00 bits per heavy atom. The highest BCUT2D eigenvalue weighted by atomic mass is 32.2. The van der Waals surface area contributed by atoms with Crippen LogP contribution in [-0.2, 0) is 0 Å². The Hall–Kier alpha value is -1.68. The van der Waals surface area contributed by atoms with Crippen LogP contribution in [0.3, 0.4) is 0 Å². The highest BCUT2D eigenvalue weighted by Gasteiger charge is 2.27. The van der Waals surface area contributed by atoms with Gasteiger partial charge in [-0.15, -0.1) is 0 Å². The van der Waals surface area contributed by atoms with Crippen LogP contribution >= 0.6 is 11.8 Å². The van der Waals surface area contributed by atoms with Gasteiger partial charge in [0.05, 0.1) is 4.92 Å². The number of hydrogen-bond donors (Lipinski definition) is 3. The zero-order chi connectivity index (χ0) is 14.5. The minimum Gasteiger partial charge on any atom is -0.379 e. The third-order valence-electron chi connectivity index (χ3n) is 2.06. The molecule has 1 aromatic carbocycles. The maximum Gasteiger partial charge on any atom is 0.441 e. The molecule has 10 heteroatoms. The molecule has 0 saturated heterocycles. The summed E-state index contributed by atoms with van der Waals surface area (Å²) in [5.74, 6) is 4.89. The molecule has 0 fully saturated rings. The Morgan fingerprint density at radius 3 is 2.53 bits per heavy atom. The van der Waals surface area contributed by atoms with E-state index < -0.39 is 10.4 Å². The largest absolute Gasteiger partial charge is 0.441 e. The number of benzene rings is 1.